The van der Waals surface area contributed by atoms with Gasteiger partial charge in [-0.1, -0.05) is 0 Å². The van der Waals surface area contributed by atoms with Crippen LogP contribution in [-0.2, 0) is 28.4 Å². The molecule has 0 amide bonds. The van der Waals surface area contributed by atoms with Crippen LogP contribution in [0, 0.1) is 99.1 Å². The van der Waals surface area contributed by atoms with E-state index in [1.165, 1.54) is 6.92 Å². The second kappa shape index (κ2) is 23.6. The largest absolute Gasteiger partial charge is 0 e. The van der Waals surface area contributed by atoms with Gasteiger partial charge in [0.1, 0.15) is 0 Å². The van der Waals surface area contributed by atoms with E-state index in [1.54, 1.807) is 13.8 Å². The Morgan fingerprint density at radius 3 is 1.69 bits per heavy atom. The van der Waals surface area contributed by atoms with Crippen LogP contribution in [0.1, 0.15) is 61.3 Å². The molecule has 2 aliphatic rings. The van der Waals surface area contributed by atoms with Crippen molar-refractivity contribution in [1.29, 1.82) is 0 Å². The predicted octanol–water partition coefficient (Wildman–Crippen LogP) is 3.20. The number of aliphatic hydroxyl groups is 1. The van der Waals surface area contributed by atoms with Crippen molar-refractivity contribution in [2.45, 2.75) is 108 Å². The molecule has 1 N–H and O–H groups in total. The van der Waals surface area contributed by atoms with Gasteiger partial charge in [0, 0.05) is 75.5 Å². The second-order valence-corrected chi connectivity index (χ2v) is 13.7. The summed E-state index contributed by atoms with van der Waals surface area (Å²) in [5.74, 6) is 0.691. The van der Waals surface area contributed by atoms with Gasteiger partial charge < -0.3 is 0 Å². The molecule has 0 saturated carbocycles. The Hall–Kier alpha value is 3.29. The Bertz CT molecular complexity index is 731. The standard InChI is InChI=1S/C12H22B2O4PS.C10H20B2O3PS.2Ar/c1-5-6(2)9-11(19-14-13-16)7(3)10(12(20)18-9)17-8(4)15;1-4-5(2)8-9(16-12-11-14)6(3)7(13)10(17)15-8;;/h6-7,9-12,19-20H,5H2,1-4H3;5-10,13,16-17H,4H2,1-3H3;;/t6-,7+,9?,10?,11-,12?;5-,6+,7?,8?,9-,10?;;/m00../s1. The maximum absolute atomic E-state index is 11.2. The Morgan fingerprint density at radius 1 is 0.897 bits per heavy atom. The number of hydrogen-bond acceptors (Lipinski definition) is 9. The van der Waals surface area contributed by atoms with Gasteiger partial charge >= 0.3 is 241 Å². The zero-order valence-corrected chi connectivity index (χ0v) is 28.9. The van der Waals surface area contributed by atoms with E-state index in [-0.39, 0.29) is 123 Å². The van der Waals surface area contributed by atoms with E-state index in [2.05, 4.69) is 53.0 Å². The summed E-state index contributed by atoms with van der Waals surface area (Å²) in [6.45, 7) is 17.3. The molecule has 8 unspecified atom stereocenters. The first-order chi connectivity index (χ1) is 17.4. The Morgan fingerprint density at radius 2 is 1.31 bits per heavy atom. The van der Waals surface area contributed by atoms with Gasteiger partial charge in [-0.3, -0.25) is 0 Å². The molecule has 2 fully saturated rings. The third-order valence-corrected chi connectivity index (χ3v) is 11.5. The molecule has 2 rings (SSSR count). The molecule has 39 heavy (non-hydrogen) atoms. The minimum absolute atomic E-state index is 0. The average Bonchev–Trinajstić information content (AvgIpc) is 2.87. The van der Waals surface area contributed by atoms with E-state index in [1.807, 2.05) is 13.8 Å². The van der Waals surface area contributed by atoms with E-state index in [9.17, 15) is 19.3 Å². The number of rotatable bonds is 11. The van der Waals surface area contributed by atoms with Crippen molar-refractivity contribution in [1.82, 2.24) is 0 Å². The van der Waals surface area contributed by atoms with E-state index in [0.29, 0.717) is 28.8 Å². The van der Waals surface area contributed by atoms with Crippen LogP contribution in [0.25, 0.3) is 0 Å². The molecule has 2 aliphatic heterocycles. The van der Waals surface area contributed by atoms with Crippen molar-refractivity contribution in [3.8, 4) is 0 Å². The molecular formula is C22H42Ar2B4O7P2S2. The normalized spacial score (nSPS) is 35.7. The van der Waals surface area contributed by atoms with E-state index in [4.69, 9.17) is 14.2 Å². The van der Waals surface area contributed by atoms with Gasteiger partial charge in [-0.15, -0.1) is 0 Å². The summed E-state index contributed by atoms with van der Waals surface area (Å²) in [4.78, 5) is 11.2. The first-order valence-electron chi connectivity index (χ1n) is 13.0. The van der Waals surface area contributed by atoms with Gasteiger partial charge in [-0.2, -0.15) is 0 Å². The molecule has 222 valence electrons. The molecule has 0 aliphatic carbocycles. The molecular weight excluding hydrogens is 625 g/mol. The molecule has 14 atom stereocenters. The van der Waals surface area contributed by atoms with Crippen molar-refractivity contribution in [3.63, 3.8) is 0 Å². The van der Waals surface area contributed by atoms with Crippen LogP contribution >= 0.6 is 42.2 Å². The van der Waals surface area contributed by atoms with E-state index in [0.717, 1.165) is 26.9 Å². The molecule has 0 bridgehead atoms. The maximum atomic E-state index is 11.2. The van der Waals surface area contributed by atoms with Gasteiger partial charge in [0.25, 0.3) is 0 Å². The molecule has 2 saturated heterocycles. The third kappa shape index (κ3) is 14.1. The van der Waals surface area contributed by atoms with Gasteiger partial charge in [0.2, 0.25) is 0 Å². The number of carbonyl (C=O) groups excluding carboxylic acids is 1. The second-order valence-electron chi connectivity index (χ2n) is 10.0. The van der Waals surface area contributed by atoms with Gasteiger partial charge in [-0.25, -0.2) is 0 Å². The molecule has 7 nitrogen and oxygen atoms in total. The first-order valence-corrected chi connectivity index (χ1v) is 16.4. The van der Waals surface area contributed by atoms with Crippen molar-refractivity contribution >= 4 is 76.0 Å². The number of hydrogen-bond donors (Lipinski definition) is 3. The summed E-state index contributed by atoms with van der Waals surface area (Å²) in [6.07, 6.45) is 1.22. The van der Waals surface area contributed by atoms with E-state index < -0.39 is 17.0 Å². The van der Waals surface area contributed by atoms with E-state index >= 15 is 0 Å². The number of esters is 1. The van der Waals surface area contributed by atoms with Crippen LogP contribution in [0.3, 0.4) is 0 Å². The molecule has 2 heterocycles. The summed E-state index contributed by atoms with van der Waals surface area (Å²) in [5, 5.41) is 9.99. The summed E-state index contributed by atoms with van der Waals surface area (Å²) >= 11 is 8.73. The Labute approximate surface area is 312 Å². The fraction of sp³-hybridized carbons (Fsp3) is 0.955. The maximum Gasteiger partial charge on any atom is 0 e. The summed E-state index contributed by atoms with van der Waals surface area (Å²) in [7, 11) is 2.43. The van der Waals surface area contributed by atoms with Crippen LogP contribution < -0.4 is 0 Å². The van der Waals surface area contributed by atoms with Crippen molar-refractivity contribution < 1.29 is 109 Å². The average molecular weight is 668 g/mol. The van der Waals surface area contributed by atoms with Crippen molar-refractivity contribution in [2.24, 2.45) is 23.7 Å². The first kappa shape index (κ1) is 44.4. The van der Waals surface area contributed by atoms with Crippen LogP contribution in [0.2, 0.25) is 0 Å². The monoisotopic (exact) mass is 668 g/mol. The number of ether oxygens (including phenoxy) is 3. The quantitative estimate of drug-likeness (QED) is 0.135. The molecule has 0 aromatic heterocycles. The molecule has 0 aromatic carbocycles. The molecule has 0 spiro atoms. The minimum atomic E-state index is -0.559. The molecule has 17 heteroatoms. The zero-order valence-electron chi connectivity index (χ0n) is 23.7. The SMILES string of the molecule is CC[C@H](C)C1OC(S)C(O)[C@@H](C)[C@@H]1P[B]B=O.CC[C@H](C)C1OC(S)C(OC(C)=O)[C@@H](C)[C@@H]1P[B]B=O.[Ar].[Ar]. The zero-order chi connectivity index (χ0) is 28.3. The minimum Gasteiger partial charge on any atom is 0 e. The fourth-order valence-electron chi connectivity index (χ4n) is 4.78. The van der Waals surface area contributed by atoms with Gasteiger partial charge in [0.05, 0.1) is 0 Å². The van der Waals surface area contributed by atoms with Crippen molar-refractivity contribution in [2.75, 3.05) is 0 Å². The Balaban J connectivity index is 0. The topological polar surface area (TPSA) is 99.1 Å². The van der Waals surface area contributed by atoms with Crippen LogP contribution in [-0.4, -0.2) is 85.5 Å². The third-order valence-electron chi connectivity index (χ3n) is 7.49. The van der Waals surface area contributed by atoms with Crippen molar-refractivity contribution in [3.05, 3.63) is 0 Å². The number of thiol groups is 2. The number of aliphatic hydroxyl groups excluding tert-OH is 1. The summed E-state index contributed by atoms with van der Waals surface area (Å²) in [6, 6.07) is 0. The van der Waals surface area contributed by atoms with Crippen LogP contribution in [0.4, 0.5) is 0 Å². The van der Waals surface area contributed by atoms with Gasteiger partial charge in [-0.05, 0) is 0 Å². The number of carbonyl (C=O) groups is 1. The molecule has 0 aromatic rings. The summed E-state index contributed by atoms with van der Waals surface area (Å²) in [5.41, 5.74) is -0.428. The molecule has 2 radical (unpaired) electrons. The van der Waals surface area contributed by atoms with Crippen LogP contribution in [0.5, 0.6) is 0 Å². The smallest absolute Gasteiger partial charge is 0 e. The predicted molar refractivity (Wildman–Crippen MR) is 163 cm³/mol. The Kier molecular flexibility index (Phi) is 26.9. The fourth-order valence-corrected chi connectivity index (χ4v) is 8.45. The summed E-state index contributed by atoms with van der Waals surface area (Å²) < 4.78 is 38.3. The van der Waals surface area contributed by atoms with Crippen LogP contribution in [0.15, 0.2) is 0 Å². The van der Waals surface area contributed by atoms with Gasteiger partial charge in [0.15, 0.2) is 0 Å².